The Bertz CT molecular complexity index is 352. The van der Waals surface area contributed by atoms with Gasteiger partial charge in [0.15, 0.2) is 0 Å². The van der Waals surface area contributed by atoms with Gasteiger partial charge in [0.1, 0.15) is 11.0 Å². The molecule has 0 aliphatic heterocycles. The molecule has 2 nitrogen and oxygen atoms in total. The summed E-state index contributed by atoms with van der Waals surface area (Å²) in [7, 11) is -1.27. The van der Waals surface area contributed by atoms with Crippen molar-refractivity contribution in [2.45, 2.75) is 30.4 Å². The molecule has 1 atom stereocenters. The lowest BCUT2D eigenvalue weighted by Gasteiger charge is -2.16. The fraction of sp³-hybridized carbons (Fsp3) is 0.364. The molecule has 0 bridgehead atoms. The largest absolute Gasteiger partial charge is 0.302 e. The molecule has 0 saturated heterocycles. The Labute approximate surface area is 86.8 Å². The van der Waals surface area contributed by atoms with E-state index < -0.39 is 15.5 Å². The number of aldehydes is 1. The molecule has 0 amide bonds. The molecule has 76 valence electrons. The fourth-order valence-corrected chi connectivity index (χ4v) is 2.09. The van der Waals surface area contributed by atoms with E-state index in [1.807, 2.05) is 19.1 Å². The first kappa shape index (κ1) is 11.1. The molecule has 0 N–H and O–H groups in total. The van der Waals surface area contributed by atoms with E-state index in [0.717, 1.165) is 11.8 Å². The Hall–Kier alpha value is -0.960. The summed E-state index contributed by atoms with van der Waals surface area (Å²) in [5.41, 5.74) is 1.12. The first-order valence-electron chi connectivity index (χ1n) is 4.42. The lowest BCUT2D eigenvalue weighted by Crippen LogP contribution is -2.28. The predicted molar refractivity (Wildman–Crippen MR) is 57.7 cm³/mol. The molecule has 0 radical (unpaired) electrons. The van der Waals surface area contributed by atoms with Crippen LogP contribution in [-0.2, 0) is 15.6 Å². The highest BCUT2D eigenvalue weighted by atomic mass is 32.2. The van der Waals surface area contributed by atoms with Crippen LogP contribution in [-0.4, -0.2) is 15.2 Å². The summed E-state index contributed by atoms with van der Waals surface area (Å²) in [5, 5.41) is 0. The summed E-state index contributed by atoms with van der Waals surface area (Å²) < 4.78 is 11.1. The Morgan fingerprint density at radius 1 is 1.21 bits per heavy atom. The fourth-order valence-electron chi connectivity index (χ4n) is 1.01. The molecule has 1 aromatic rings. The number of benzene rings is 1. The van der Waals surface area contributed by atoms with Crippen molar-refractivity contribution in [2.24, 2.45) is 0 Å². The van der Waals surface area contributed by atoms with Crippen LogP contribution in [0.25, 0.3) is 0 Å². The summed E-state index contributed by atoms with van der Waals surface area (Å²) in [6.45, 7) is 5.32. The maximum absolute atomic E-state index is 11.9. The van der Waals surface area contributed by atoms with Gasteiger partial charge >= 0.3 is 0 Å². The topological polar surface area (TPSA) is 34.1 Å². The lowest BCUT2D eigenvalue weighted by molar-refractivity contribution is -0.109. The Morgan fingerprint density at radius 3 is 2.14 bits per heavy atom. The molecule has 1 rings (SSSR count). The zero-order valence-electron chi connectivity index (χ0n) is 8.61. The summed E-state index contributed by atoms with van der Waals surface area (Å²) in [4.78, 5) is 11.4. The molecule has 1 aromatic carbocycles. The van der Waals surface area contributed by atoms with Gasteiger partial charge in [-0.1, -0.05) is 17.7 Å². The van der Waals surface area contributed by atoms with Gasteiger partial charge in [0.25, 0.3) is 0 Å². The average molecular weight is 210 g/mol. The van der Waals surface area contributed by atoms with E-state index in [4.69, 9.17) is 0 Å². The first-order chi connectivity index (χ1) is 6.47. The number of carbonyl (C=O) groups is 1. The van der Waals surface area contributed by atoms with E-state index in [1.54, 1.807) is 26.0 Å². The van der Waals surface area contributed by atoms with Crippen LogP contribution in [0.4, 0.5) is 0 Å². The van der Waals surface area contributed by atoms with Crippen molar-refractivity contribution in [3.63, 3.8) is 0 Å². The van der Waals surface area contributed by atoms with Crippen molar-refractivity contribution in [2.75, 3.05) is 0 Å². The van der Waals surface area contributed by atoms with Crippen molar-refractivity contribution in [3.05, 3.63) is 29.8 Å². The number of carbonyl (C=O) groups excluding carboxylic acids is 1. The number of aryl methyl sites for hydroxylation is 1. The van der Waals surface area contributed by atoms with Crippen molar-refractivity contribution < 1.29 is 9.00 Å². The summed E-state index contributed by atoms with van der Waals surface area (Å²) in [6.07, 6.45) is 0.739. The average Bonchev–Trinajstić information content (AvgIpc) is 2.18. The second kappa shape index (κ2) is 4.05. The molecule has 0 spiro atoms. The van der Waals surface area contributed by atoms with Gasteiger partial charge in [-0.3, -0.25) is 4.21 Å². The van der Waals surface area contributed by atoms with E-state index in [0.29, 0.717) is 4.90 Å². The van der Waals surface area contributed by atoms with Gasteiger partial charge in [0.2, 0.25) is 0 Å². The van der Waals surface area contributed by atoms with Crippen molar-refractivity contribution >= 4 is 17.1 Å². The van der Waals surface area contributed by atoms with Crippen LogP contribution in [0, 0.1) is 6.92 Å². The normalized spacial score (nSPS) is 13.6. The minimum absolute atomic E-state index is 0.702. The van der Waals surface area contributed by atoms with Crippen molar-refractivity contribution in [1.82, 2.24) is 0 Å². The van der Waals surface area contributed by atoms with Crippen LogP contribution in [0.15, 0.2) is 29.2 Å². The van der Waals surface area contributed by atoms with Gasteiger partial charge in [-0.05, 0) is 32.9 Å². The molecule has 0 saturated carbocycles. The zero-order valence-corrected chi connectivity index (χ0v) is 9.43. The Balaban J connectivity index is 3.01. The summed E-state index contributed by atoms with van der Waals surface area (Å²) in [6, 6.07) is 7.40. The number of hydrogen-bond acceptors (Lipinski definition) is 2. The van der Waals surface area contributed by atoms with Gasteiger partial charge in [0.05, 0.1) is 10.8 Å². The maximum atomic E-state index is 11.9. The molecule has 0 aliphatic rings. The third kappa shape index (κ3) is 2.29. The molecule has 0 heterocycles. The highest BCUT2D eigenvalue weighted by Gasteiger charge is 2.26. The van der Waals surface area contributed by atoms with Crippen molar-refractivity contribution in [1.29, 1.82) is 0 Å². The van der Waals surface area contributed by atoms with Gasteiger partial charge in [-0.25, -0.2) is 0 Å². The maximum Gasteiger partial charge on any atom is 0.138 e. The number of rotatable bonds is 3. The third-order valence-electron chi connectivity index (χ3n) is 2.00. The Morgan fingerprint density at radius 2 is 1.71 bits per heavy atom. The molecular formula is C11H14O2S. The lowest BCUT2D eigenvalue weighted by atomic mass is 10.2. The van der Waals surface area contributed by atoms with Crippen LogP contribution in [0.1, 0.15) is 19.4 Å². The third-order valence-corrected chi connectivity index (χ3v) is 3.75. The van der Waals surface area contributed by atoms with E-state index in [1.165, 1.54) is 0 Å². The minimum atomic E-state index is -1.27. The van der Waals surface area contributed by atoms with Crippen LogP contribution < -0.4 is 0 Å². The predicted octanol–water partition coefficient (Wildman–Crippen LogP) is 2.08. The second-order valence-corrected chi connectivity index (χ2v) is 5.86. The molecular weight excluding hydrogens is 196 g/mol. The van der Waals surface area contributed by atoms with E-state index in [-0.39, 0.29) is 0 Å². The van der Waals surface area contributed by atoms with Gasteiger partial charge < -0.3 is 4.79 Å². The van der Waals surface area contributed by atoms with Gasteiger partial charge in [0, 0.05) is 4.90 Å². The SMILES string of the molecule is Cc1ccc(S(=O)C(C)(C)C=O)cc1. The molecule has 14 heavy (non-hydrogen) atoms. The highest BCUT2D eigenvalue weighted by Crippen LogP contribution is 2.19. The van der Waals surface area contributed by atoms with E-state index >= 15 is 0 Å². The zero-order chi connectivity index (χ0) is 10.8. The molecule has 0 aliphatic carbocycles. The summed E-state index contributed by atoms with van der Waals surface area (Å²) in [5.74, 6) is 0. The molecule has 0 aromatic heterocycles. The minimum Gasteiger partial charge on any atom is -0.302 e. The molecule has 0 fully saturated rings. The van der Waals surface area contributed by atoms with E-state index in [9.17, 15) is 9.00 Å². The van der Waals surface area contributed by atoms with E-state index in [2.05, 4.69) is 0 Å². The highest BCUT2D eigenvalue weighted by molar-refractivity contribution is 7.87. The first-order valence-corrected chi connectivity index (χ1v) is 5.57. The quantitative estimate of drug-likeness (QED) is 0.716. The van der Waals surface area contributed by atoms with Gasteiger partial charge in [-0.2, -0.15) is 0 Å². The van der Waals surface area contributed by atoms with Crippen LogP contribution in [0.2, 0.25) is 0 Å². The summed E-state index contributed by atoms with van der Waals surface area (Å²) >= 11 is 0. The van der Waals surface area contributed by atoms with Crippen LogP contribution in [0.3, 0.4) is 0 Å². The number of hydrogen-bond donors (Lipinski definition) is 0. The smallest absolute Gasteiger partial charge is 0.138 e. The van der Waals surface area contributed by atoms with Crippen molar-refractivity contribution in [3.8, 4) is 0 Å². The van der Waals surface area contributed by atoms with Gasteiger partial charge in [-0.15, -0.1) is 0 Å². The second-order valence-electron chi connectivity index (χ2n) is 3.80. The van der Waals surface area contributed by atoms with Crippen LogP contribution >= 0.6 is 0 Å². The monoisotopic (exact) mass is 210 g/mol. The standard InChI is InChI=1S/C11H14O2S/c1-9-4-6-10(7-5-9)14(13)11(2,3)8-12/h4-8H,1-3H3. The Kier molecular flexibility index (Phi) is 3.21. The molecule has 1 unspecified atom stereocenters. The molecule has 3 heteroatoms. The van der Waals surface area contributed by atoms with Crippen LogP contribution in [0.5, 0.6) is 0 Å².